The van der Waals surface area contributed by atoms with E-state index >= 15 is 0 Å². The highest BCUT2D eigenvalue weighted by atomic mass is 32.1. The van der Waals surface area contributed by atoms with Gasteiger partial charge in [-0.05, 0) is 48.5 Å². The van der Waals surface area contributed by atoms with E-state index in [1.807, 2.05) is 6.20 Å². The van der Waals surface area contributed by atoms with Gasteiger partial charge in [-0.1, -0.05) is 35.7 Å². The third-order valence-corrected chi connectivity index (χ3v) is 4.68. The largest absolute Gasteiger partial charge is 0.373 e. The predicted molar refractivity (Wildman–Crippen MR) is 84.4 cm³/mol. The van der Waals surface area contributed by atoms with Crippen LogP contribution in [0, 0.1) is 0 Å². The minimum absolute atomic E-state index is 0.159. The molecule has 21 heavy (non-hydrogen) atoms. The topological polar surface area (TPSA) is 47.0 Å². The van der Waals surface area contributed by atoms with E-state index in [0.29, 0.717) is 0 Å². The van der Waals surface area contributed by atoms with Gasteiger partial charge < -0.3 is 10.1 Å². The molecule has 1 aromatic heterocycles. The standard InChI is InChI=1S/C16H21N3OS/c1-2-8-17-14(16-11-18-19-21-16)10-15-13-6-4-3-5-12(13)7-9-20-15/h3-6,11,14-15,17H,2,7-10H2,1H3. The summed E-state index contributed by atoms with van der Waals surface area (Å²) in [7, 11) is 0. The number of aromatic nitrogens is 2. The first kappa shape index (κ1) is 14.6. The van der Waals surface area contributed by atoms with Gasteiger partial charge in [-0.15, -0.1) is 5.10 Å². The number of hydrogen-bond donors (Lipinski definition) is 1. The summed E-state index contributed by atoms with van der Waals surface area (Å²) in [5.41, 5.74) is 2.76. The van der Waals surface area contributed by atoms with E-state index in [2.05, 4.69) is 46.1 Å². The van der Waals surface area contributed by atoms with Gasteiger partial charge in [0.1, 0.15) is 0 Å². The smallest absolute Gasteiger partial charge is 0.0846 e. The van der Waals surface area contributed by atoms with Crippen LogP contribution >= 0.6 is 11.5 Å². The van der Waals surface area contributed by atoms with E-state index in [-0.39, 0.29) is 12.1 Å². The van der Waals surface area contributed by atoms with Crippen molar-refractivity contribution in [1.29, 1.82) is 0 Å². The third-order valence-electron chi connectivity index (χ3n) is 3.90. The number of ether oxygens (including phenoxy) is 1. The second kappa shape index (κ2) is 7.11. The average molecular weight is 303 g/mol. The Kier molecular flexibility index (Phi) is 4.95. The average Bonchev–Trinajstić information content (AvgIpc) is 3.06. The molecule has 0 radical (unpaired) electrons. The molecule has 4 nitrogen and oxygen atoms in total. The molecule has 1 aliphatic rings. The summed E-state index contributed by atoms with van der Waals surface area (Å²) in [6.45, 7) is 3.99. The molecular formula is C16H21N3OS. The molecule has 0 aliphatic carbocycles. The van der Waals surface area contributed by atoms with Crippen molar-refractivity contribution >= 4 is 11.5 Å². The van der Waals surface area contributed by atoms with Crippen molar-refractivity contribution in [2.24, 2.45) is 0 Å². The summed E-state index contributed by atoms with van der Waals surface area (Å²) < 4.78 is 10.0. The van der Waals surface area contributed by atoms with Crippen LogP contribution in [-0.4, -0.2) is 22.7 Å². The van der Waals surface area contributed by atoms with Crippen molar-refractivity contribution in [2.45, 2.75) is 38.3 Å². The van der Waals surface area contributed by atoms with E-state index in [9.17, 15) is 0 Å². The minimum Gasteiger partial charge on any atom is -0.373 e. The Morgan fingerprint density at radius 1 is 1.43 bits per heavy atom. The van der Waals surface area contributed by atoms with Gasteiger partial charge in [0, 0.05) is 6.04 Å². The second-order valence-corrected chi connectivity index (χ2v) is 6.19. The molecule has 0 spiro atoms. The molecule has 0 fully saturated rings. The van der Waals surface area contributed by atoms with Gasteiger partial charge in [0.25, 0.3) is 0 Å². The lowest BCUT2D eigenvalue weighted by atomic mass is 9.93. The Morgan fingerprint density at radius 2 is 2.33 bits per heavy atom. The molecule has 0 saturated carbocycles. The van der Waals surface area contributed by atoms with Crippen LogP contribution in [0.3, 0.4) is 0 Å². The summed E-state index contributed by atoms with van der Waals surface area (Å²) in [5, 5.41) is 7.58. The van der Waals surface area contributed by atoms with Crippen LogP contribution in [0.4, 0.5) is 0 Å². The molecule has 0 bridgehead atoms. The molecular weight excluding hydrogens is 282 g/mol. The SMILES string of the molecule is CCCNC(CC1OCCc2ccccc21)c1cnns1. The monoisotopic (exact) mass is 303 g/mol. The number of nitrogens with one attached hydrogen (secondary N) is 1. The molecule has 3 rings (SSSR count). The van der Waals surface area contributed by atoms with E-state index in [0.717, 1.165) is 32.4 Å². The normalized spacial score (nSPS) is 19.2. The summed E-state index contributed by atoms with van der Waals surface area (Å²) in [4.78, 5) is 1.19. The van der Waals surface area contributed by atoms with E-state index < -0.39 is 0 Å². The highest BCUT2D eigenvalue weighted by Crippen LogP contribution is 2.34. The van der Waals surface area contributed by atoms with Gasteiger partial charge in [0.05, 0.1) is 23.8 Å². The van der Waals surface area contributed by atoms with Crippen LogP contribution < -0.4 is 5.32 Å². The number of fused-ring (bicyclic) bond motifs is 1. The summed E-state index contributed by atoms with van der Waals surface area (Å²) in [5.74, 6) is 0. The maximum atomic E-state index is 6.04. The van der Waals surface area contributed by atoms with Crippen molar-refractivity contribution < 1.29 is 4.74 Å². The molecule has 2 aromatic rings. The van der Waals surface area contributed by atoms with Gasteiger partial charge in [-0.3, -0.25) is 0 Å². The van der Waals surface area contributed by atoms with E-state index in [1.165, 1.54) is 27.5 Å². The zero-order chi connectivity index (χ0) is 14.5. The van der Waals surface area contributed by atoms with Crippen LogP contribution in [-0.2, 0) is 11.2 Å². The van der Waals surface area contributed by atoms with Crippen molar-refractivity contribution in [3.05, 3.63) is 46.5 Å². The molecule has 1 N–H and O–H groups in total. The fourth-order valence-electron chi connectivity index (χ4n) is 2.83. The van der Waals surface area contributed by atoms with Crippen molar-refractivity contribution in [3.63, 3.8) is 0 Å². The van der Waals surface area contributed by atoms with Crippen molar-refractivity contribution in [3.8, 4) is 0 Å². The Morgan fingerprint density at radius 3 is 3.14 bits per heavy atom. The molecule has 0 saturated heterocycles. The first-order valence-electron chi connectivity index (χ1n) is 7.58. The fraction of sp³-hybridized carbons (Fsp3) is 0.500. The van der Waals surface area contributed by atoms with E-state index in [4.69, 9.17) is 4.74 Å². The zero-order valence-electron chi connectivity index (χ0n) is 12.3. The Bertz CT molecular complexity index is 558. The number of nitrogens with zero attached hydrogens (tertiary/aromatic N) is 2. The van der Waals surface area contributed by atoms with Gasteiger partial charge >= 0.3 is 0 Å². The molecule has 112 valence electrons. The van der Waals surface area contributed by atoms with Gasteiger partial charge in [-0.2, -0.15) is 0 Å². The predicted octanol–water partition coefficient (Wildman–Crippen LogP) is 3.28. The Hall–Kier alpha value is -1.30. The van der Waals surface area contributed by atoms with Crippen LogP contribution in [0.25, 0.3) is 0 Å². The molecule has 1 aromatic carbocycles. The molecule has 2 unspecified atom stereocenters. The van der Waals surface area contributed by atoms with Crippen LogP contribution in [0.1, 0.15) is 47.9 Å². The quantitative estimate of drug-likeness (QED) is 0.889. The zero-order valence-corrected chi connectivity index (χ0v) is 13.1. The van der Waals surface area contributed by atoms with Gasteiger partial charge in [0.15, 0.2) is 0 Å². The van der Waals surface area contributed by atoms with Crippen molar-refractivity contribution in [2.75, 3.05) is 13.2 Å². The van der Waals surface area contributed by atoms with Gasteiger partial charge in [-0.25, -0.2) is 0 Å². The summed E-state index contributed by atoms with van der Waals surface area (Å²) >= 11 is 1.47. The van der Waals surface area contributed by atoms with Crippen LogP contribution in [0.2, 0.25) is 0 Å². The minimum atomic E-state index is 0.159. The lowest BCUT2D eigenvalue weighted by Crippen LogP contribution is -2.26. The number of rotatable bonds is 6. The Labute approximate surface area is 129 Å². The summed E-state index contributed by atoms with van der Waals surface area (Å²) in [6, 6.07) is 8.89. The van der Waals surface area contributed by atoms with E-state index in [1.54, 1.807) is 0 Å². The second-order valence-electron chi connectivity index (χ2n) is 5.37. The lowest BCUT2D eigenvalue weighted by molar-refractivity contribution is 0.0295. The number of hydrogen-bond acceptors (Lipinski definition) is 5. The molecule has 2 atom stereocenters. The van der Waals surface area contributed by atoms with Crippen LogP contribution in [0.15, 0.2) is 30.5 Å². The van der Waals surface area contributed by atoms with Crippen molar-refractivity contribution in [1.82, 2.24) is 14.9 Å². The maximum Gasteiger partial charge on any atom is 0.0846 e. The number of benzene rings is 1. The molecule has 1 aliphatic heterocycles. The van der Waals surface area contributed by atoms with Crippen LogP contribution in [0.5, 0.6) is 0 Å². The fourth-order valence-corrected chi connectivity index (χ4v) is 3.42. The highest BCUT2D eigenvalue weighted by molar-refractivity contribution is 7.05. The molecule has 2 heterocycles. The lowest BCUT2D eigenvalue weighted by Gasteiger charge is -2.29. The van der Waals surface area contributed by atoms with Gasteiger partial charge in [0.2, 0.25) is 0 Å². The Balaban J connectivity index is 1.77. The first-order chi connectivity index (χ1) is 10.4. The third kappa shape index (κ3) is 3.48. The molecule has 0 amide bonds. The highest BCUT2D eigenvalue weighted by Gasteiger charge is 2.25. The molecule has 5 heteroatoms. The maximum absolute atomic E-state index is 6.04. The summed E-state index contributed by atoms with van der Waals surface area (Å²) in [6.07, 6.45) is 5.09. The first-order valence-corrected chi connectivity index (χ1v) is 8.36.